The number of nitrogens with zero attached hydrogens (tertiary/aromatic N) is 3. The predicted octanol–water partition coefficient (Wildman–Crippen LogP) is 4.10. The van der Waals surface area contributed by atoms with Crippen LogP contribution >= 0.6 is 0 Å². The van der Waals surface area contributed by atoms with Crippen molar-refractivity contribution in [1.82, 2.24) is 25.5 Å². The Morgan fingerprint density at radius 1 is 1.00 bits per heavy atom. The summed E-state index contributed by atoms with van der Waals surface area (Å²) in [7, 11) is 0. The standard InChI is InChI=1S/C26H26N6O/c1-18-28-12-9-24(31-18)20-3-2-4-23(15-20)32-25(33)26(10-13-27-14-11-26)22-7-5-19(6-8-22)21-16-29-30-17-21/h2-9,12,15-17,27H,10-11,13-14H2,1H3,(H,29,30)(H,32,33). The zero-order valence-electron chi connectivity index (χ0n) is 18.5. The SMILES string of the molecule is Cc1nccc(-c2cccc(NC(=O)C3(c4ccc(-c5cn[nH]c5)cc4)CCNCC3)c2)n1. The van der Waals surface area contributed by atoms with E-state index in [2.05, 4.69) is 55.1 Å². The van der Waals surface area contributed by atoms with Crippen LogP contribution in [-0.2, 0) is 10.2 Å². The van der Waals surface area contributed by atoms with E-state index >= 15 is 0 Å². The number of aryl methyl sites for hydroxylation is 1. The number of carbonyl (C=O) groups is 1. The second-order valence-electron chi connectivity index (χ2n) is 8.42. The number of aromatic amines is 1. The number of aromatic nitrogens is 4. The van der Waals surface area contributed by atoms with Gasteiger partial charge in [-0.05, 0) is 62.2 Å². The Morgan fingerprint density at radius 3 is 2.55 bits per heavy atom. The van der Waals surface area contributed by atoms with Crippen LogP contribution in [0.25, 0.3) is 22.4 Å². The van der Waals surface area contributed by atoms with Crippen molar-refractivity contribution in [3.8, 4) is 22.4 Å². The molecule has 0 saturated carbocycles. The number of hydrogen-bond acceptors (Lipinski definition) is 5. The van der Waals surface area contributed by atoms with E-state index in [1.807, 2.05) is 43.5 Å². The zero-order valence-corrected chi connectivity index (χ0v) is 18.5. The lowest BCUT2D eigenvalue weighted by Crippen LogP contribution is -2.48. The molecule has 4 aromatic rings. The van der Waals surface area contributed by atoms with Gasteiger partial charge < -0.3 is 10.6 Å². The maximum atomic E-state index is 13.7. The largest absolute Gasteiger partial charge is 0.325 e. The van der Waals surface area contributed by atoms with Crippen LogP contribution in [0.3, 0.4) is 0 Å². The third kappa shape index (κ3) is 4.27. The summed E-state index contributed by atoms with van der Waals surface area (Å²) in [5.41, 5.74) is 5.11. The van der Waals surface area contributed by atoms with Gasteiger partial charge in [0.25, 0.3) is 0 Å². The minimum Gasteiger partial charge on any atom is -0.325 e. The van der Waals surface area contributed by atoms with E-state index in [1.54, 1.807) is 12.4 Å². The van der Waals surface area contributed by atoms with Crippen LogP contribution in [0.5, 0.6) is 0 Å². The predicted molar refractivity (Wildman–Crippen MR) is 129 cm³/mol. The number of H-pyrrole nitrogens is 1. The molecule has 0 unspecified atom stereocenters. The van der Waals surface area contributed by atoms with Crippen molar-refractivity contribution in [3.63, 3.8) is 0 Å². The second kappa shape index (κ2) is 8.96. The molecule has 5 rings (SSSR count). The molecule has 3 N–H and O–H groups in total. The van der Waals surface area contributed by atoms with Crippen molar-refractivity contribution in [2.24, 2.45) is 0 Å². The molecule has 0 radical (unpaired) electrons. The molecule has 0 bridgehead atoms. The summed E-state index contributed by atoms with van der Waals surface area (Å²) in [4.78, 5) is 22.4. The molecule has 7 nitrogen and oxygen atoms in total. The van der Waals surface area contributed by atoms with Crippen molar-refractivity contribution in [1.29, 1.82) is 0 Å². The Bertz CT molecular complexity index is 1240. The van der Waals surface area contributed by atoms with Gasteiger partial charge in [-0.3, -0.25) is 9.89 Å². The van der Waals surface area contributed by atoms with Crippen LogP contribution in [0.15, 0.2) is 73.2 Å². The number of nitrogens with one attached hydrogen (secondary N) is 3. The van der Waals surface area contributed by atoms with Crippen molar-refractivity contribution < 1.29 is 4.79 Å². The summed E-state index contributed by atoms with van der Waals surface area (Å²) < 4.78 is 0. The molecule has 166 valence electrons. The summed E-state index contributed by atoms with van der Waals surface area (Å²) >= 11 is 0. The first-order valence-electron chi connectivity index (χ1n) is 11.2. The van der Waals surface area contributed by atoms with E-state index in [0.29, 0.717) is 0 Å². The maximum absolute atomic E-state index is 13.7. The molecule has 3 heterocycles. The molecule has 0 aliphatic carbocycles. The molecular weight excluding hydrogens is 412 g/mol. The highest BCUT2D eigenvalue weighted by Gasteiger charge is 2.41. The van der Waals surface area contributed by atoms with Crippen molar-refractivity contribution in [2.75, 3.05) is 18.4 Å². The minimum atomic E-state index is -0.582. The highest BCUT2D eigenvalue weighted by Crippen LogP contribution is 2.36. The lowest BCUT2D eigenvalue weighted by atomic mass is 9.72. The lowest BCUT2D eigenvalue weighted by molar-refractivity contribution is -0.122. The number of rotatable bonds is 5. The summed E-state index contributed by atoms with van der Waals surface area (Å²) in [6.45, 7) is 3.47. The summed E-state index contributed by atoms with van der Waals surface area (Å²) in [6, 6.07) is 18.0. The highest BCUT2D eigenvalue weighted by molar-refractivity contribution is 5.99. The molecule has 0 spiro atoms. The van der Waals surface area contributed by atoms with Gasteiger partial charge in [0.2, 0.25) is 5.91 Å². The zero-order chi connectivity index (χ0) is 22.7. The van der Waals surface area contributed by atoms with Gasteiger partial charge in [-0.25, -0.2) is 9.97 Å². The second-order valence-corrected chi connectivity index (χ2v) is 8.42. The monoisotopic (exact) mass is 438 g/mol. The number of amides is 1. The third-order valence-electron chi connectivity index (χ3n) is 6.35. The van der Waals surface area contributed by atoms with E-state index < -0.39 is 5.41 Å². The van der Waals surface area contributed by atoms with Crippen molar-refractivity contribution >= 4 is 11.6 Å². The number of hydrogen-bond donors (Lipinski definition) is 3. The minimum absolute atomic E-state index is 0.0241. The summed E-state index contributed by atoms with van der Waals surface area (Å²) in [5, 5.41) is 13.5. The first-order chi connectivity index (χ1) is 16.1. The van der Waals surface area contributed by atoms with Gasteiger partial charge >= 0.3 is 0 Å². The van der Waals surface area contributed by atoms with Gasteiger partial charge in [0.05, 0.1) is 17.3 Å². The van der Waals surface area contributed by atoms with E-state index in [9.17, 15) is 4.79 Å². The van der Waals surface area contributed by atoms with Gasteiger partial charge in [-0.2, -0.15) is 5.10 Å². The summed E-state index contributed by atoms with van der Waals surface area (Å²) in [5.74, 6) is 0.741. The molecule has 2 aromatic carbocycles. The highest BCUT2D eigenvalue weighted by atomic mass is 16.2. The fourth-order valence-electron chi connectivity index (χ4n) is 4.51. The van der Waals surface area contributed by atoms with Gasteiger partial charge in [0.15, 0.2) is 0 Å². The molecule has 33 heavy (non-hydrogen) atoms. The normalized spacial score (nSPS) is 15.2. The molecule has 1 aliphatic rings. The van der Waals surface area contributed by atoms with E-state index in [-0.39, 0.29) is 5.91 Å². The molecule has 2 aromatic heterocycles. The number of anilines is 1. The molecule has 0 atom stereocenters. The van der Waals surface area contributed by atoms with Crippen molar-refractivity contribution in [2.45, 2.75) is 25.2 Å². The van der Waals surface area contributed by atoms with Crippen LogP contribution in [0.2, 0.25) is 0 Å². The fourth-order valence-corrected chi connectivity index (χ4v) is 4.51. The van der Waals surface area contributed by atoms with Gasteiger partial charge in [0.1, 0.15) is 5.82 Å². The van der Waals surface area contributed by atoms with Gasteiger partial charge in [-0.15, -0.1) is 0 Å². The fraction of sp³-hybridized carbons (Fsp3) is 0.231. The van der Waals surface area contributed by atoms with Gasteiger partial charge in [0, 0.05) is 29.2 Å². The Labute approximate surface area is 192 Å². The Balaban J connectivity index is 1.43. The Hall–Kier alpha value is -3.84. The number of benzene rings is 2. The smallest absolute Gasteiger partial charge is 0.235 e. The molecule has 1 aliphatic heterocycles. The molecule has 1 fully saturated rings. The number of carbonyl (C=O) groups excluding carboxylic acids is 1. The van der Waals surface area contributed by atoms with Crippen LogP contribution in [0.1, 0.15) is 24.2 Å². The Kier molecular flexibility index (Phi) is 5.71. The van der Waals surface area contributed by atoms with Crippen LogP contribution in [0.4, 0.5) is 5.69 Å². The molecular formula is C26H26N6O. The van der Waals surface area contributed by atoms with Crippen molar-refractivity contribution in [3.05, 3.63) is 84.6 Å². The average Bonchev–Trinajstić information content (AvgIpc) is 3.40. The number of piperidine rings is 1. The lowest BCUT2D eigenvalue weighted by Gasteiger charge is -2.37. The van der Waals surface area contributed by atoms with Gasteiger partial charge in [-0.1, -0.05) is 36.4 Å². The third-order valence-corrected chi connectivity index (χ3v) is 6.35. The maximum Gasteiger partial charge on any atom is 0.235 e. The van der Waals surface area contributed by atoms with Crippen LogP contribution in [0, 0.1) is 6.92 Å². The van der Waals surface area contributed by atoms with E-state index in [1.165, 1.54) is 0 Å². The Morgan fingerprint density at radius 2 is 1.82 bits per heavy atom. The van der Waals surface area contributed by atoms with Crippen LogP contribution in [-0.4, -0.2) is 39.2 Å². The summed E-state index contributed by atoms with van der Waals surface area (Å²) in [6.07, 6.45) is 6.91. The quantitative estimate of drug-likeness (QED) is 0.436. The first kappa shape index (κ1) is 21.0. The van der Waals surface area contributed by atoms with Crippen LogP contribution < -0.4 is 10.6 Å². The molecule has 7 heteroatoms. The molecule has 1 amide bonds. The van der Waals surface area contributed by atoms with E-state index in [4.69, 9.17) is 0 Å². The average molecular weight is 439 g/mol. The first-order valence-corrected chi connectivity index (χ1v) is 11.2. The molecule has 1 saturated heterocycles. The van der Waals surface area contributed by atoms with E-state index in [0.717, 1.165) is 65.4 Å². The topological polar surface area (TPSA) is 95.6 Å².